The van der Waals surface area contributed by atoms with Crippen LogP contribution >= 0.6 is 11.5 Å². The third-order valence-corrected chi connectivity index (χ3v) is 5.85. The fraction of sp³-hybridized carbons (Fsp3) is 0.846. The Labute approximate surface area is 127 Å². The predicted octanol–water partition coefficient (Wildman–Crippen LogP) is 2.64. The van der Waals surface area contributed by atoms with Crippen LogP contribution < -0.4 is 9.62 Å². The van der Waals surface area contributed by atoms with Gasteiger partial charge in [-0.2, -0.15) is 4.37 Å². The highest BCUT2D eigenvalue weighted by molar-refractivity contribution is 7.84. The maximum absolute atomic E-state index is 12.1. The molecule has 2 heterocycles. The second-order valence-corrected chi connectivity index (χ2v) is 8.98. The highest BCUT2D eigenvalue weighted by Gasteiger charge is 2.24. The Bertz CT molecular complexity index is 463. The Morgan fingerprint density at radius 2 is 1.95 bits per heavy atom. The second-order valence-electron chi connectivity index (χ2n) is 6.20. The second kappa shape index (κ2) is 6.49. The van der Waals surface area contributed by atoms with Crippen molar-refractivity contribution < 1.29 is 4.21 Å². The van der Waals surface area contributed by atoms with E-state index in [4.69, 9.17) is 0 Å². The van der Waals surface area contributed by atoms with Crippen LogP contribution in [0.2, 0.25) is 0 Å². The SMILES string of the molecule is C[C@H](N[S@](=O)C(C)(C)C)c1nc(N2CCCCC2)ns1. The monoisotopic (exact) mass is 316 g/mol. The van der Waals surface area contributed by atoms with Crippen LogP contribution in [0.5, 0.6) is 0 Å². The van der Waals surface area contributed by atoms with E-state index in [2.05, 4.69) is 19.0 Å². The van der Waals surface area contributed by atoms with Crippen LogP contribution in [0.4, 0.5) is 5.95 Å². The van der Waals surface area contributed by atoms with Crippen LogP contribution in [0.1, 0.15) is 58.0 Å². The molecule has 1 N–H and O–H groups in total. The Kier molecular flexibility index (Phi) is 5.14. The number of hydrogen-bond donors (Lipinski definition) is 1. The molecule has 1 aromatic heterocycles. The predicted molar refractivity (Wildman–Crippen MR) is 85.4 cm³/mol. The summed E-state index contributed by atoms with van der Waals surface area (Å²) in [7, 11) is -1.09. The van der Waals surface area contributed by atoms with E-state index >= 15 is 0 Å². The van der Waals surface area contributed by atoms with Gasteiger partial charge in [-0.15, -0.1) is 0 Å². The molecule has 2 atom stereocenters. The molecule has 0 aromatic carbocycles. The molecule has 1 aliphatic rings. The van der Waals surface area contributed by atoms with Gasteiger partial charge < -0.3 is 4.90 Å². The summed E-state index contributed by atoms with van der Waals surface area (Å²) in [6.45, 7) is 9.97. The fourth-order valence-electron chi connectivity index (χ4n) is 2.01. The van der Waals surface area contributed by atoms with Crippen molar-refractivity contribution in [3.63, 3.8) is 0 Å². The van der Waals surface area contributed by atoms with Crippen LogP contribution in [0.25, 0.3) is 0 Å². The van der Waals surface area contributed by atoms with E-state index in [9.17, 15) is 4.21 Å². The van der Waals surface area contributed by atoms with Crippen LogP contribution in [-0.2, 0) is 11.0 Å². The molecular weight excluding hydrogens is 292 g/mol. The largest absolute Gasteiger partial charge is 0.340 e. The number of rotatable bonds is 4. The molecule has 20 heavy (non-hydrogen) atoms. The molecule has 1 saturated heterocycles. The summed E-state index contributed by atoms with van der Waals surface area (Å²) in [4.78, 5) is 6.85. The lowest BCUT2D eigenvalue weighted by Gasteiger charge is -2.25. The summed E-state index contributed by atoms with van der Waals surface area (Å²) in [5.74, 6) is 0.833. The summed E-state index contributed by atoms with van der Waals surface area (Å²) < 4.78 is 19.4. The summed E-state index contributed by atoms with van der Waals surface area (Å²) in [5, 5.41) is 0.906. The van der Waals surface area contributed by atoms with E-state index in [1.807, 2.05) is 27.7 Å². The standard InChI is InChI=1S/C13H24N4OS2/c1-10(16-20(18)13(2,3)4)11-14-12(15-19-11)17-8-6-5-7-9-17/h10,16H,5-9H2,1-4H3/t10-,20+/m0/s1. The Balaban J connectivity index is 1.99. The third kappa shape index (κ3) is 3.99. The summed E-state index contributed by atoms with van der Waals surface area (Å²) in [6.07, 6.45) is 3.74. The van der Waals surface area contributed by atoms with E-state index < -0.39 is 11.0 Å². The number of nitrogens with one attached hydrogen (secondary N) is 1. The van der Waals surface area contributed by atoms with E-state index in [0.717, 1.165) is 24.0 Å². The lowest BCUT2D eigenvalue weighted by atomic mass is 10.1. The highest BCUT2D eigenvalue weighted by Crippen LogP contribution is 2.23. The van der Waals surface area contributed by atoms with Crippen molar-refractivity contribution in [3.05, 3.63) is 5.01 Å². The minimum atomic E-state index is -1.09. The van der Waals surface area contributed by atoms with Gasteiger partial charge in [0.05, 0.1) is 21.8 Å². The number of nitrogens with zero attached hydrogens (tertiary/aromatic N) is 3. The van der Waals surface area contributed by atoms with E-state index in [1.54, 1.807) is 0 Å². The molecule has 7 heteroatoms. The normalized spacial score (nSPS) is 19.9. The van der Waals surface area contributed by atoms with Gasteiger partial charge in [0.1, 0.15) is 5.01 Å². The molecule has 0 unspecified atom stereocenters. The Morgan fingerprint density at radius 1 is 1.30 bits per heavy atom. The average Bonchev–Trinajstić information content (AvgIpc) is 2.88. The molecule has 1 fully saturated rings. The van der Waals surface area contributed by atoms with Gasteiger partial charge in [0.25, 0.3) is 0 Å². The van der Waals surface area contributed by atoms with Gasteiger partial charge in [0.2, 0.25) is 5.95 Å². The molecule has 0 saturated carbocycles. The van der Waals surface area contributed by atoms with Crippen molar-refractivity contribution in [3.8, 4) is 0 Å². The highest BCUT2D eigenvalue weighted by atomic mass is 32.2. The maximum atomic E-state index is 12.1. The molecule has 0 aliphatic carbocycles. The maximum Gasteiger partial charge on any atom is 0.237 e. The van der Waals surface area contributed by atoms with Gasteiger partial charge in [0.15, 0.2) is 0 Å². The zero-order valence-electron chi connectivity index (χ0n) is 12.7. The zero-order chi connectivity index (χ0) is 14.8. The van der Waals surface area contributed by atoms with Crippen molar-refractivity contribution in [2.75, 3.05) is 18.0 Å². The first-order valence-electron chi connectivity index (χ1n) is 7.14. The molecular formula is C13H24N4OS2. The zero-order valence-corrected chi connectivity index (χ0v) is 14.3. The van der Waals surface area contributed by atoms with Crippen LogP contribution in [0.15, 0.2) is 0 Å². The summed E-state index contributed by atoms with van der Waals surface area (Å²) in [5.41, 5.74) is 0. The summed E-state index contributed by atoms with van der Waals surface area (Å²) in [6, 6.07) is -0.0360. The van der Waals surface area contributed by atoms with Crippen molar-refractivity contribution in [2.45, 2.75) is 57.7 Å². The van der Waals surface area contributed by atoms with Gasteiger partial charge in [-0.25, -0.2) is 13.9 Å². The van der Waals surface area contributed by atoms with Crippen molar-refractivity contribution in [1.29, 1.82) is 0 Å². The third-order valence-electron chi connectivity index (χ3n) is 3.28. The Hall–Kier alpha value is -0.530. The minimum absolute atomic E-state index is 0.0360. The van der Waals surface area contributed by atoms with E-state index in [1.165, 1.54) is 30.8 Å². The number of aromatic nitrogens is 2. The van der Waals surface area contributed by atoms with Crippen LogP contribution in [0.3, 0.4) is 0 Å². The molecule has 5 nitrogen and oxygen atoms in total. The average molecular weight is 316 g/mol. The Morgan fingerprint density at radius 3 is 2.55 bits per heavy atom. The van der Waals surface area contributed by atoms with Gasteiger partial charge in [0, 0.05) is 13.1 Å². The quantitative estimate of drug-likeness (QED) is 0.928. The molecule has 0 radical (unpaired) electrons. The first-order valence-corrected chi connectivity index (χ1v) is 9.07. The minimum Gasteiger partial charge on any atom is -0.340 e. The topological polar surface area (TPSA) is 58.1 Å². The van der Waals surface area contributed by atoms with Crippen LogP contribution in [0, 0.1) is 0 Å². The van der Waals surface area contributed by atoms with Crippen molar-refractivity contribution in [1.82, 2.24) is 14.1 Å². The summed E-state index contributed by atoms with van der Waals surface area (Å²) >= 11 is 1.40. The van der Waals surface area contributed by atoms with Crippen molar-refractivity contribution in [2.24, 2.45) is 0 Å². The number of piperidine rings is 1. The lowest BCUT2D eigenvalue weighted by Crippen LogP contribution is -2.35. The fourth-order valence-corrected chi connectivity index (χ4v) is 3.54. The molecule has 1 aliphatic heterocycles. The van der Waals surface area contributed by atoms with E-state index in [0.29, 0.717) is 0 Å². The molecule has 2 rings (SSSR count). The molecule has 0 spiro atoms. The van der Waals surface area contributed by atoms with Gasteiger partial charge in [-0.1, -0.05) is 0 Å². The lowest BCUT2D eigenvalue weighted by molar-refractivity contribution is 0.568. The van der Waals surface area contributed by atoms with Gasteiger partial charge in [-0.05, 0) is 58.5 Å². The van der Waals surface area contributed by atoms with Crippen LogP contribution in [-0.4, -0.2) is 31.4 Å². The van der Waals surface area contributed by atoms with Gasteiger partial charge >= 0.3 is 0 Å². The van der Waals surface area contributed by atoms with E-state index in [-0.39, 0.29) is 10.8 Å². The molecule has 0 bridgehead atoms. The molecule has 1 aromatic rings. The number of hydrogen-bond acceptors (Lipinski definition) is 5. The van der Waals surface area contributed by atoms with Crippen molar-refractivity contribution >= 4 is 28.5 Å². The smallest absolute Gasteiger partial charge is 0.237 e. The number of anilines is 1. The molecule has 0 amide bonds. The first-order chi connectivity index (χ1) is 9.38. The first kappa shape index (κ1) is 15.9. The van der Waals surface area contributed by atoms with Gasteiger partial charge in [-0.3, -0.25) is 0 Å². The molecule has 114 valence electrons.